The molecule has 0 aliphatic carbocycles. The molecular formula is C7H6I2O2. The third kappa shape index (κ3) is 2.19. The van der Waals surface area contributed by atoms with Crippen LogP contribution in [-0.4, -0.2) is 10.2 Å². The maximum absolute atomic E-state index is 9.13. The topological polar surface area (TPSA) is 40.5 Å². The number of hydrogen-bond acceptors (Lipinski definition) is 2. The van der Waals surface area contributed by atoms with Gasteiger partial charge in [0, 0.05) is 7.14 Å². The van der Waals surface area contributed by atoms with E-state index in [2.05, 4.69) is 45.2 Å². The standard InChI is InChI=1S/C7H6I2O2/c8-6-2-5(11)1-4(3-10)7(6)9/h1-2,10-11H,3H2. The van der Waals surface area contributed by atoms with Gasteiger partial charge >= 0.3 is 0 Å². The van der Waals surface area contributed by atoms with Crippen molar-refractivity contribution in [2.45, 2.75) is 6.61 Å². The number of aromatic hydroxyl groups is 1. The van der Waals surface area contributed by atoms with E-state index in [-0.39, 0.29) is 12.4 Å². The van der Waals surface area contributed by atoms with Gasteiger partial charge in [-0.3, -0.25) is 0 Å². The van der Waals surface area contributed by atoms with Crippen LogP contribution in [-0.2, 0) is 6.61 Å². The van der Waals surface area contributed by atoms with Gasteiger partial charge in [0.2, 0.25) is 0 Å². The van der Waals surface area contributed by atoms with Crippen LogP contribution in [0, 0.1) is 7.14 Å². The van der Waals surface area contributed by atoms with Gasteiger partial charge < -0.3 is 10.2 Å². The van der Waals surface area contributed by atoms with Crippen LogP contribution in [0.1, 0.15) is 5.56 Å². The molecule has 2 nitrogen and oxygen atoms in total. The first-order chi connectivity index (χ1) is 5.15. The number of aliphatic hydroxyl groups is 1. The monoisotopic (exact) mass is 376 g/mol. The highest BCUT2D eigenvalue weighted by Crippen LogP contribution is 2.24. The van der Waals surface area contributed by atoms with Crippen molar-refractivity contribution in [1.29, 1.82) is 0 Å². The number of benzene rings is 1. The lowest BCUT2D eigenvalue weighted by atomic mass is 10.2. The average molecular weight is 376 g/mol. The third-order valence-electron chi connectivity index (χ3n) is 1.26. The Balaban J connectivity index is 3.24. The minimum atomic E-state index is -0.0251. The van der Waals surface area contributed by atoms with Gasteiger partial charge in [0.1, 0.15) is 5.75 Å². The Kier molecular flexibility index (Phi) is 3.38. The summed E-state index contributed by atoms with van der Waals surface area (Å²) in [6.45, 7) is -0.0251. The van der Waals surface area contributed by atoms with Crippen LogP contribution in [0.2, 0.25) is 0 Å². The second-order valence-corrected chi connectivity index (χ2v) is 4.30. The molecule has 1 aromatic carbocycles. The van der Waals surface area contributed by atoms with Crippen LogP contribution < -0.4 is 0 Å². The molecule has 0 fully saturated rings. The fourth-order valence-electron chi connectivity index (χ4n) is 0.745. The number of rotatable bonds is 1. The molecule has 0 saturated heterocycles. The molecule has 0 heterocycles. The normalized spacial score (nSPS) is 10.1. The number of aliphatic hydroxyl groups excluding tert-OH is 1. The summed E-state index contributed by atoms with van der Waals surface area (Å²) in [6.07, 6.45) is 0. The second-order valence-electron chi connectivity index (χ2n) is 2.06. The Morgan fingerprint density at radius 2 is 1.91 bits per heavy atom. The van der Waals surface area contributed by atoms with Gasteiger partial charge in [-0.15, -0.1) is 0 Å². The lowest BCUT2D eigenvalue weighted by Crippen LogP contribution is -1.90. The Morgan fingerprint density at radius 3 is 2.45 bits per heavy atom. The molecule has 0 bridgehead atoms. The highest BCUT2D eigenvalue weighted by atomic mass is 127. The van der Waals surface area contributed by atoms with Gasteiger partial charge in [-0.05, 0) is 62.9 Å². The third-order valence-corrected chi connectivity index (χ3v) is 4.42. The Morgan fingerprint density at radius 1 is 1.27 bits per heavy atom. The fourth-order valence-corrected chi connectivity index (χ4v) is 1.89. The highest BCUT2D eigenvalue weighted by Gasteiger charge is 2.04. The summed E-state index contributed by atoms with van der Waals surface area (Å²) in [6, 6.07) is 3.24. The van der Waals surface area contributed by atoms with Crippen LogP contribution in [0.4, 0.5) is 0 Å². The Bertz CT molecular complexity index is 273. The van der Waals surface area contributed by atoms with E-state index >= 15 is 0 Å². The van der Waals surface area contributed by atoms with Crippen molar-refractivity contribution in [3.63, 3.8) is 0 Å². The quantitative estimate of drug-likeness (QED) is 0.738. The van der Waals surface area contributed by atoms with Gasteiger partial charge in [0.15, 0.2) is 0 Å². The summed E-state index contributed by atoms with van der Waals surface area (Å²) >= 11 is 4.26. The highest BCUT2D eigenvalue weighted by molar-refractivity contribution is 14.1. The van der Waals surface area contributed by atoms with Gasteiger partial charge in [-0.2, -0.15) is 0 Å². The van der Waals surface area contributed by atoms with Gasteiger partial charge in [0.05, 0.1) is 6.61 Å². The molecule has 0 saturated carbocycles. The first kappa shape index (κ1) is 9.53. The fraction of sp³-hybridized carbons (Fsp3) is 0.143. The molecule has 0 radical (unpaired) electrons. The molecule has 1 rings (SSSR count). The summed E-state index contributed by atoms with van der Waals surface area (Å²) in [4.78, 5) is 0. The summed E-state index contributed by atoms with van der Waals surface area (Å²) in [7, 11) is 0. The number of halogens is 2. The Hall–Kier alpha value is 0.440. The molecule has 4 heteroatoms. The predicted molar refractivity (Wildman–Crippen MR) is 59.5 cm³/mol. The second kappa shape index (κ2) is 3.90. The van der Waals surface area contributed by atoms with Crippen LogP contribution in [0.25, 0.3) is 0 Å². The van der Waals surface area contributed by atoms with E-state index < -0.39 is 0 Å². The molecule has 0 aliphatic heterocycles. The SMILES string of the molecule is OCc1cc(O)cc(I)c1I. The van der Waals surface area contributed by atoms with Crippen LogP contribution >= 0.6 is 45.2 Å². The molecule has 0 aliphatic rings. The van der Waals surface area contributed by atoms with E-state index in [9.17, 15) is 0 Å². The van der Waals surface area contributed by atoms with Crippen molar-refractivity contribution < 1.29 is 10.2 Å². The van der Waals surface area contributed by atoms with E-state index in [1.165, 1.54) is 0 Å². The summed E-state index contributed by atoms with van der Waals surface area (Å²) in [5, 5.41) is 18.0. The van der Waals surface area contributed by atoms with Crippen LogP contribution in [0.15, 0.2) is 12.1 Å². The van der Waals surface area contributed by atoms with Gasteiger partial charge in [-0.1, -0.05) is 0 Å². The lowest BCUT2D eigenvalue weighted by molar-refractivity contribution is 0.280. The molecule has 2 N–H and O–H groups in total. The van der Waals surface area contributed by atoms with E-state index in [0.29, 0.717) is 0 Å². The van der Waals surface area contributed by atoms with E-state index in [1.54, 1.807) is 12.1 Å². The van der Waals surface area contributed by atoms with Crippen molar-refractivity contribution in [3.8, 4) is 5.75 Å². The largest absolute Gasteiger partial charge is 0.508 e. The molecule has 0 atom stereocenters. The molecule has 60 valence electrons. The van der Waals surface area contributed by atoms with Gasteiger partial charge in [0.25, 0.3) is 0 Å². The van der Waals surface area contributed by atoms with Crippen molar-refractivity contribution in [3.05, 3.63) is 24.8 Å². The maximum Gasteiger partial charge on any atom is 0.117 e. The first-order valence-electron chi connectivity index (χ1n) is 2.93. The minimum Gasteiger partial charge on any atom is -0.508 e. The zero-order valence-electron chi connectivity index (χ0n) is 5.51. The summed E-state index contributed by atoms with van der Waals surface area (Å²) < 4.78 is 1.97. The molecule has 0 amide bonds. The van der Waals surface area contributed by atoms with Crippen molar-refractivity contribution in [2.24, 2.45) is 0 Å². The van der Waals surface area contributed by atoms with Crippen LogP contribution in [0.5, 0.6) is 5.75 Å². The molecule has 11 heavy (non-hydrogen) atoms. The summed E-state index contributed by atoms with van der Waals surface area (Å²) in [5.41, 5.74) is 0.773. The molecule has 0 aromatic heterocycles. The van der Waals surface area contributed by atoms with E-state index in [4.69, 9.17) is 10.2 Å². The van der Waals surface area contributed by atoms with Crippen LogP contribution in [0.3, 0.4) is 0 Å². The zero-order valence-corrected chi connectivity index (χ0v) is 9.83. The first-order valence-corrected chi connectivity index (χ1v) is 5.08. The predicted octanol–water partition coefficient (Wildman–Crippen LogP) is 2.09. The molecular weight excluding hydrogens is 370 g/mol. The van der Waals surface area contributed by atoms with Crippen molar-refractivity contribution in [2.75, 3.05) is 0 Å². The Labute approximate surface area is 91.9 Å². The van der Waals surface area contributed by atoms with Gasteiger partial charge in [-0.25, -0.2) is 0 Å². The molecule has 0 unspecified atom stereocenters. The molecule has 0 spiro atoms. The van der Waals surface area contributed by atoms with E-state index in [0.717, 1.165) is 12.7 Å². The number of phenolic OH excluding ortho intramolecular Hbond substituents is 1. The average Bonchev–Trinajstić information content (AvgIpc) is 1.96. The maximum atomic E-state index is 9.13. The van der Waals surface area contributed by atoms with E-state index in [1.807, 2.05) is 0 Å². The lowest BCUT2D eigenvalue weighted by Gasteiger charge is -2.03. The zero-order chi connectivity index (χ0) is 8.43. The summed E-state index contributed by atoms with van der Waals surface area (Å²) in [5.74, 6) is 0.207. The number of phenols is 1. The smallest absolute Gasteiger partial charge is 0.117 e. The minimum absolute atomic E-state index is 0.0251. The van der Waals surface area contributed by atoms with Crippen molar-refractivity contribution >= 4 is 45.2 Å². The number of hydrogen-bond donors (Lipinski definition) is 2. The van der Waals surface area contributed by atoms with Crippen molar-refractivity contribution in [1.82, 2.24) is 0 Å². The molecule has 1 aromatic rings.